The van der Waals surface area contributed by atoms with Gasteiger partial charge in [-0.1, -0.05) is 19.1 Å². The van der Waals surface area contributed by atoms with Crippen molar-refractivity contribution in [3.05, 3.63) is 29.8 Å². The first-order chi connectivity index (χ1) is 8.69. The van der Waals surface area contributed by atoms with Gasteiger partial charge in [0.2, 0.25) is 0 Å². The number of ether oxygens (including phenoxy) is 2. The highest BCUT2D eigenvalue weighted by Gasteiger charge is 2.23. The summed E-state index contributed by atoms with van der Waals surface area (Å²) in [5, 5.41) is 10.1. The van der Waals surface area contributed by atoms with Crippen LogP contribution in [0.3, 0.4) is 0 Å². The minimum atomic E-state index is -0.426. The van der Waals surface area contributed by atoms with E-state index in [-0.39, 0.29) is 0 Å². The monoisotopic (exact) mass is 250 g/mol. The van der Waals surface area contributed by atoms with Gasteiger partial charge in [-0.3, -0.25) is 0 Å². The van der Waals surface area contributed by atoms with Crippen LogP contribution in [0.2, 0.25) is 0 Å². The first-order valence-electron chi connectivity index (χ1n) is 6.62. The lowest BCUT2D eigenvalue weighted by Crippen LogP contribution is -2.09. The van der Waals surface area contributed by atoms with Gasteiger partial charge in [-0.05, 0) is 42.9 Å². The van der Waals surface area contributed by atoms with E-state index in [2.05, 4.69) is 6.92 Å². The highest BCUT2D eigenvalue weighted by Crippen LogP contribution is 2.28. The van der Waals surface area contributed by atoms with E-state index in [4.69, 9.17) is 9.47 Å². The summed E-state index contributed by atoms with van der Waals surface area (Å²) in [5.41, 5.74) is 0.945. The Bertz CT molecular complexity index is 357. The van der Waals surface area contributed by atoms with Crippen LogP contribution in [-0.2, 0) is 4.74 Å². The van der Waals surface area contributed by atoms with Crippen LogP contribution in [0, 0.1) is 5.92 Å². The van der Waals surface area contributed by atoms with E-state index < -0.39 is 6.10 Å². The maximum Gasteiger partial charge on any atom is 0.119 e. The first kappa shape index (κ1) is 13.4. The maximum atomic E-state index is 10.1. The second-order valence-corrected chi connectivity index (χ2v) is 5.20. The number of methoxy groups -OCH3 is 1. The van der Waals surface area contributed by atoms with Crippen LogP contribution in [0.5, 0.6) is 5.75 Å². The zero-order valence-corrected chi connectivity index (χ0v) is 11.1. The molecule has 0 spiro atoms. The molecule has 1 saturated carbocycles. The molecule has 0 heterocycles. The van der Waals surface area contributed by atoms with Crippen molar-refractivity contribution in [2.75, 3.05) is 13.7 Å². The van der Waals surface area contributed by atoms with E-state index >= 15 is 0 Å². The van der Waals surface area contributed by atoms with Crippen molar-refractivity contribution in [1.82, 2.24) is 0 Å². The molecule has 2 unspecified atom stereocenters. The molecule has 1 aliphatic carbocycles. The Morgan fingerprint density at radius 1 is 1.28 bits per heavy atom. The molecule has 0 saturated heterocycles. The van der Waals surface area contributed by atoms with Crippen LogP contribution in [0.4, 0.5) is 0 Å². The molecule has 0 aromatic heterocycles. The van der Waals surface area contributed by atoms with E-state index in [1.54, 1.807) is 7.11 Å². The molecule has 1 fully saturated rings. The van der Waals surface area contributed by atoms with E-state index in [9.17, 15) is 5.11 Å². The molecule has 2 atom stereocenters. The third kappa shape index (κ3) is 4.00. The van der Waals surface area contributed by atoms with Crippen molar-refractivity contribution in [2.45, 2.75) is 38.4 Å². The Hall–Kier alpha value is -1.06. The predicted octanol–water partition coefficient (Wildman–Crippen LogP) is 2.93. The molecule has 2 rings (SSSR count). The molecular formula is C15H22O3. The molecule has 3 heteroatoms. The smallest absolute Gasteiger partial charge is 0.119 e. The third-order valence-electron chi connectivity index (χ3n) is 3.17. The van der Waals surface area contributed by atoms with Crippen LogP contribution in [-0.4, -0.2) is 24.9 Å². The van der Waals surface area contributed by atoms with Gasteiger partial charge >= 0.3 is 0 Å². The van der Waals surface area contributed by atoms with Crippen LogP contribution in [0.25, 0.3) is 0 Å². The van der Waals surface area contributed by atoms with Gasteiger partial charge in [0, 0.05) is 13.7 Å². The molecule has 0 bridgehead atoms. The Kier molecular flexibility index (Phi) is 4.61. The normalized spacial score (nSPS) is 18.4. The summed E-state index contributed by atoms with van der Waals surface area (Å²) in [5.74, 6) is 1.26. The molecule has 1 aromatic rings. The van der Waals surface area contributed by atoms with Crippen molar-refractivity contribution >= 4 is 0 Å². The lowest BCUT2D eigenvalue weighted by Gasteiger charge is -2.16. The fourth-order valence-corrected chi connectivity index (χ4v) is 2.02. The largest absolute Gasteiger partial charge is 0.490 e. The molecule has 1 N–H and O–H groups in total. The molecule has 1 aromatic carbocycles. The fourth-order valence-electron chi connectivity index (χ4n) is 2.02. The van der Waals surface area contributed by atoms with Gasteiger partial charge in [0.05, 0.1) is 12.2 Å². The van der Waals surface area contributed by atoms with Gasteiger partial charge in [-0.25, -0.2) is 0 Å². The summed E-state index contributed by atoms with van der Waals surface area (Å²) < 4.78 is 10.8. The number of hydrogen-bond acceptors (Lipinski definition) is 3. The highest BCUT2D eigenvalue weighted by molar-refractivity contribution is 5.29. The van der Waals surface area contributed by atoms with Gasteiger partial charge in [-0.15, -0.1) is 0 Å². The third-order valence-corrected chi connectivity index (χ3v) is 3.17. The Labute approximate surface area is 109 Å². The molecular weight excluding hydrogens is 228 g/mol. The van der Waals surface area contributed by atoms with Crippen molar-refractivity contribution in [2.24, 2.45) is 5.92 Å². The van der Waals surface area contributed by atoms with Crippen molar-refractivity contribution in [3.8, 4) is 5.75 Å². The Morgan fingerprint density at radius 2 is 1.94 bits per heavy atom. The highest BCUT2D eigenvalue weighted by atomic mass is 16.5. The van der Waals surface area contributed by atoms with Gasteiger partial charge in [0.15, 0.2) is 0 Å². The Morgan fingerprint density at radius 3 is 2.50 bits per heavy atom. The number of benzene rings is 1. The minimum Gasteiger partial charge on any atom is -0.490 e. The maximum absolute atomic E-state index is 10.1. The number of rotatable bonds is 7. The quantitative estimate of drug-likeness (QED) is 0.808. The van der Waals surface area contributed by atoms with Gasteiger partial charge in [0.1, 0.15) is 5.75 Å². The Balaban J connectivity index is 1.86. The number of aliphatic hydroxyl groups excluding tert-OH is 1. The van der Waals surface area contributed by atoms with Crippen LogP contribution in [0.1, 0.15) is 37.9 Å². The minimum absolute atomic E-state index is 0.354. The number of hydrogen-bond donors (Lipinski definition) is 1. The topological polar surface area (TPSA) is 38.7 Å². The van der Waals surface area contributed by atoms with E-state index in [1.165, 1.54) is 12.8 Å². The average molecular weight is 250 g/mol. The first-order valence-corrected chi connectivity index (χ1v) is 6.62. The van der Waals surface area contributed by atoms with Crippen LogP contribution < -0.4 is 4.74 Å². The van der Waals surface area contributed by atoms with E-state index in [0.717, 1.165) is 17.7 Å². The summed E-state index contributed by atoms with van der Waals surface area (Å²) in [4.78, 5) is 0. The summed E-state index contributed by atoms with van der Waals surface area (Å²) in [7, 11) is 1.69. The summed E-state index contributed by atoms with van der Waals surface area (Å²) in [6.45, 7) is 2.76. The van der Waals surface area contributed by atoms with Crippen molar-refractivity contribution < 1.29 is 14.6 Å². The van der Waals surface area contributed by atoms with Crippen LogP contribution >= 0.6 is 0 Å². The molecule has 18 heavy (non-hydrogen) atoms. The van der Waals surface area contributed by atoms with Gasteiger partial charge in [0.25, 0.3) is 0 Å². The molecule has 3 nitrogen and oxygen atoms in total. The van der Waals surface area contributed by atoms with Crippen LogP contribution in [0.15, 0.2) is 24.3 Å². The van der Waals surface area contributed by atoms with Crippen molar-refractivity contribution in [3.63, 3.8) is 0 Å². The summed E-state index contributed by atoms with van der Waals surface area (Å²) in [6, 6.07) is 7.78. The SMILES string of the molecule is COCC(C)CC(O)c1ccc(OC2CC2)cc1. The van der Waals surface area contributed by atoms with Crippen molar-refractivity contribution in [1.29, 1.82) is 0 Å². The average Bonchev–Trinajstić information content (AvgIpc) is 3.14. The lowest BCUT2D eigenvalue weighted by atomic mass is 9.99. The van der Waals surface area contributed by atoms with E-state index in [1.807, 2.05) is 24.3 Å². The summed E-state index contributed by atoms with van der Waals surface area (Å²) >= 11 is 0. The van der Waals surface area contributed by atoms with E-state index in [0.29, 0.717) is 18.6 Å². The lowest BCUT2D eigenvalue weighted by molar-refractivity contribution is 0.102. The standard InChI is InChI=1S/C15H22O3/c1-11(10-17-2)9-15(16)12-3-5-13(6-4-12)18-14-7-8-14/h3-6,11,14-16H,7-10H2,1-2H3. The number of aliphatic hydroxyl groups is 1. The van der Waals surface area contributed by atoms with Gasteiger partial charge < -0.3 is 14.6 Å². The molecule has 0 amide bonds. The summed E-state index contributed by atoms with van der Waals surface area (Å²) in [6.07, 6.45) is 3.04. The fraction of sp³-hybridized carbons (Fsp3) is 0.600. The molecule has 1 aliphatic rings. The molecule has 100 valence electrons. The zero-order chi connectivity index (χ0) is 13.0. The second-order valence-electron chi connectivity index (χ2n) is 5.20. The zero-order valence-electron chi connectivity index (χ0n) is 11.1. The molecule has 0 aliphatic heterocycles. The predicted molar refractivity (Wildman–Crippen MR) is 70.7 cm³/mol. The van der Waals surface area contributed by atoms with Gasteiger partial charge in [-0.2, -0.15) is 0 Å². The second kappa shape index (κ2) is 6.21. The molecule has 0 radical (unpaired) electrons.